The molecule has 4 rings (SSSR count). The highest BCUT2D eigenvalue weighted by molar-refractivity contribution is 6.07. The molecule has 0 saturated heterocycles. The summed E-state index contributed by atoms with van der Waals surface area (Å²) in [6, 6.07) is 25.9. The molecule has 0 aliphatic carbocycles. The topological polar surface area (TPSA) is 0 Å². The molecular formula is C24H20. The SMILES string of the molecule is C=c1ccc2c(ccc3ccccc32)/c1=C/Cc1ccccc1C. The Morgan fingerprint density at radius 1 is 0.750 bits per heavy atom. The standard InChI is InChI=1S/C24H20/c1-17-7-3-4-8-19(17)12-15-21-18(2)11-14-24-22-10-6-5-9-20(22)13-16-23(21)24/h3-11,13-16H,2,12H2,1H3/b21-15+. The van der Waals surface area contributed by atoms with Crippen molar-refractivity contribution in [1.29, 1.82) is 0 Å². The Morgan fingerprint density at radius 3 is 2.38 bits per heavy atom. The molecule has 0 heteroatoms. The Balaban J connectivity index is 1.96. The van der Waals surface area contributed by atoms with Gasteiger partial charge in [0.2, 0.25) is 0 Å². The Kier molecular flexibility index (Phi) is 3.66. The fourth-order valence-electron chi connectivity index (χ4n) is 3.45. The van der Waals surface area contributed by atoms with Crippen LogP contribution in [0.25, 0.3) is 34.2 Å². The van der Waals surface area contributed by atoms with Crippen LogP contribution >= 0.6 is 0 Å². The molecule has 0 spiro atoms. The van der Waals surface area contributed by atoms with Gasteiger partial charge in [0.1, 0.15) is 0 Å². The van der Waals surface area contributed by atoms with Crippen molar-refractivity contribution < 1.29 is 0 Å². The van der Waals surface area contributed by atoms with E-state index in [-0.39, 0.29) is 0 Å². The third kappa shape index (κ3) is 2.51. The third-order valence-electron chi connectivity index (χ3n) is 4.85. The number of benzene rings is 4. The van der Waals surface area contributed by atoms with Gasteiger partial charge in [-0.15, -0.1) is 0 Å². The summed E-state index contributed by atoms with van der Waals surface area (Å²) in [4.78, 5) is 0. The van der Waals surface area contributed by atoms with Gasteiger partial charge in [-0.05, 0) is 56.5 Å². The van der Waals surface area contributed by atoms with Crippen molar-refractivity contribution in [3.8, 4) is 0 Å². The van der Waals surface area contributed by atoms with Crippen LogP contribution in [0.4, 0.5) is 0 Å². The summed E-state index contributed by atoms with van der Waals surface area (Å²) >= 11 is 0. The first-order valence-electron chi connectivity index (χ1n) is 8.38. The summed E-state index contributed by atoms with van der Waals surface area (Å²) in [5.74, 6) is 0. The molecule has 0 aliphatic heterocycles. The van der Waals surface area contributed by atoms with Crippen LogP contribution in [0.2, 0.25) is 0 Å². The molecule has 0 aromatic heterocycles. The fourth-order valence-corrected chi connectivity index (χ4v) is 3.45. The molecule has 116 valence electrons. The first-order valence-corrected chi connectivity index (χ1v) is 8.38. The molecule has 0 heterocycles. The highest BCUT2D eigenvalue weighted by atomic mass is 14.1. The van der Waals surface area contributed by atoms with Crippen LogP contribution in [0.15, 0.2) is 72.8 Å². The maximum Gasteiger partial charge on any atom is -0.00854 e. The first kappa shape index (κ1) is 14.7. The summed E-state index contributed by atoms with van der Waals surface area (Å²) in [5.41, 5.74) is 2.71. The van der Waals surface area contributed by atoms with Crippen LogP contribution in [0.5, 0.6) is 0 Å². The van der Waals surface area contributed by atoms with Crippen molar-refractivity contribution in [3.05, 3.63) is 94.4 Å². The molecule has 0 saturated carbocycles. The van der Waals surface area contributed by atoms with Crippen LogP contribution in [0.3, 0.4) is 0 Å². The lowest BCUT2D eigenvalue weighted by atomic mass is 9.98. The maximum atomic E-state index is 4.25. The Hall–Kier alpha value is -2.86. The highest BCUT2D eigenvalue weighted by Gasteiger charge is 2.02. The average Bonchev–Trinajstić information content (AvgIpc) is 2.62. The quantitative estimate of drug-likeness (QED) is 0.469. The molecule has 4 aromatic rings. The van der Waals surface area contributed by atoms with Gasteiger partial charge >= 0.3 is 0 Å². The van der Waals surface area contributed by atoms with Crippen LogP contribution in [0, 0.1) is 6.92 Å². The summed E-state index contributed by atoms with van der Waals surface area (Å²) in [6.07, 6.45) is 3.25. The normalized spacial score (nSPS) is 12.1. The molecule has 0 aliphatic rings. The van der Waals surface area contributed by atoms with Crippen LogP contribution < -0.4 is 10.4 Å². The second-order valence-corrected chi connectivity index (χ2v) is 6.35. The number of aryl methyl sites for hydroxylation is 1. The minimum absolute atomic E-state index is 0.932. The van der Waals surface area contributed by atoms with Crippen LogP contribution in [0.1, 0.15) is 11.1 Å². The van der Waals surface area contributed by atoms with E-state index in [9.17, 15) is 0 Å². The van der Waals surface area contributed by atoms with Crippen molar-refractivity contribution in [2.45, 2.75) is 13.3 Å². The monoisotopic (exact) mass is 308 g/mol. The summed E-state index contributed by atoms with van der Waals surface area (Å²) in [6.45, 7) is 6.43. The van der Waals surface area contributed by atoms with Crippen molar-refractivity contribution in [3.63, 3.8) is 0 Å². The molecule has 0 bridgehead atoms. The molecule has 24 heavy (non-hydrogen) atoms. The lowest BCUT2D eigenvalue weighted by Crippen LogP contribution is -2.23. The van der Waals surface area contributed by atoms with Gasteiger partial charge in [-0.3, -0.25) is 0 Å². The largest absolute Gasteiger partial charge is 0.0911 e. The molecule has 0 N–H and O–H groups in total. The van der Waals surface area contributed by atoms with E-state index in [0.717, 1.165) is 11.6 Å². The molecule has 0 atom stereocenters. The first-order chi connectivity index (χ1) is 11.7. The zero-order valence-electron chi connectivity index (χ0n) is 13.9. The van der Waals surface area contributed by atoms with E-state index in [4.69, 9.17) is 0 Å². The van der Waals surface area contributed by atoms with E-state index >= 15 is 0 Å². The number of hydrogen-bond acceptors (Lipinski definition) is 0. The minimum Gasteiger partial charge on any atom is -0.0911 e. The van der Waals surface area contributed by atoms with Gasteiger partial charge in [-0.1, -0.05) is 85.5 Å². The number of hydrogen-bond donors (Lipinski definition) is 0. The molecule has 0 amide bonds. The van der Waals surface area contributed by atoms with E-state index in [1.165, 1.54) is 37.9 Å². The molecule has 0 radical (unpaired) electrons. The summed E-state index contributed by atoms with van der Waals surface area (Å²) in [7, 11) is 0. The van der Waals surface area contributed by atoms with Gasteiger partial charge in [-0.2, -0.15) is 0 Å². The van der Waals surface area contributed by atoms with Crippen molar-refractivity contribution in [2.24, 2.45) is 0 Å². The van der Waals surface area contributed by atoms with E-state index in [1.54, 1.807) is 0 Å². The van der Waals surface area contributed by atoms with Crippen molar-refractivity contribution >= 4 is 34.2 Å². The molecule has 0 fully saturated rings. The smallest absolute Gasteiger partial charge is 0.00854 e. The molecule has 4 aromatic carbocycles. The summed E-state index contributed by atoms with van der Waals surface area (Å²) in [5, 5.41) is 7.52. The van der Waals surface area contributed by atoms with E-state index in [1.807, 2.05) is 0 Å². The van der Waals surface area contributed by atoms with Crippen molar-refractivity contribution in [2.75, 3.05) is 0 Å². The van der Waals surface area contributed by atoms with Gasteiger partial charge < -0.3 is 0 Å². The maximum absolute atomic E-state index is 4.25. The predicted octanol–water partition coefficient (Wildman–Crippen LogP) is 4.73. The highest BCUT2D eigenvalue weighted by Crippen LogP contribution is 2.22. The Morgan fingerprint density at radius 2 is 1.50 bits per heavy atom. The molecule has 0 nitrogen and oxygen atoms in total. The second kappa shape index (κ2) is 5.98. The Bertz CT molecular complexity index is 1150. The predicted molar refractivity (Wildman–Crippen MR) is 106 cm³/mol. The van der Waals surface area contributed by atoms with Crippen LogP contribution in [-0.2, 0) is 6.42 Å². The Labute approximate surface area is 142 Å². The number of fused-ring (bicyclic) bond motifs is 3. The third-order valence-corrected chi connectivity index (χ3v) is 4.85. The minimum atomic E-state index is 0.932. The zero-order valence-corrected chi connectivity index (χ0v) is 13.9. The zero-order chi connectivity index (χ0) is 16.5. The number of rotatable bonds is 2. The van der Waals surface area contributed by atoms with Crippen molar-refractivity contribution in [1.82, 2.24) is 0 Å². The van der Waals surface area contributed by atoms with Gasteiger partial charge in [0.25, 0.3) is 0 Å². The van der Waals surface area contributed by atoms with Gasteiger partial charge in [0.15, 0.2) is 0 Å². The van der Waals surface area contributed by atoms with Gasteiger partial charge in [0.05, 0.1) is 0 Å². The molecular weight excluding hydrogens is 288 g/mol. The molecule has 0 unspecified atom stereocenters. The van der Waals surface area contributed by atoms with Gasteiger partial charge in [0, 0.05) is 0 Å². The fraction of sp³-hybridized carbons (Fsp3) is 0.0833. The summed E-state index contributed by atoms with van der Waals surface area (Å²) < 4.78 is 0. The average molecular weight is 308 g/mol. The lowest BCUT2D eigenvalue weighted by molar-refractivity contribution is 1.25. The van der Waals surface area contributed by atoms with Crippen LogP contribution in [-0.4, -0.2) is 0 Å². The second-order valence-electron chi connectivity index (χ2n) is 6.35. The van der Waals surface area contributed by atoms with Gasteiger partial charge in [-0.25, -0.2) is 0 Å². The van der Waals surface area contributed by atoms with E-state index in [2.05, 4.69) is 92.4 Å². The van der Waals surface area contributed by atoms with E-state index in [0.29, 0.717) is 0 Å². The van der Waals surface area contributed by atoms with E-state index < -0.39 is 0 Å². The lowest BCUT2D eigenvalue weighted by Gasteiger charge is -2.06.